The van der Waals surface area contributed by atoms with Crippen molar-refractivity contribution in [1.29, 1.82) is 0 Å². The van der Waals surface area contributed by atoms with E-state index in [1.807, 2.05) is 30.3 Å². The number of carbonyl (C=O) groups is 1. The number of likely N-dealkylation sites (N-methyl/N-ethyl adjacent to an activating group) is 1. The van der Waals surface area contributed by atoms with E-state index < -0.39 is 22.0 Å². The van der Waals surface area contributed by atoms with E-state index in [1.165, 1.54) is 18.9 Å². The average Bonchev–Trinajstić information content (AvgIpc) is 3.22. The number of aromatic nitrogens is 2. The van der Waals surface area contributed by atoms with Gasteiger partial charge in [-0.1, -0.05) is 35.5 Å². The highest BCUT2D eigenvalue weighted by Crippen LogP contribution is 2.24. The molecule has 31 heavy (non-hydrogen) atoms. The van der Waals surface area contributed by atoms with E-state index >= 15 is 0 Å². The number of benzene rings is 2. The van der Waals surface area contributed by atoms with E-state index in [4.69, 9.17) is 9.26 Å². The van der Waals surface area contributed by atoms with Crippen LogP contribution < -0.4 is 9.04 Å². The van der Waals surface area contributed by atoms with Crippen LogP contribution >= 0.6 is 0 Å². The predicted molar refractivity (Wildman–Crippen MR) is 116 cm³/mol. The van der Waals surface area contributed by atoms with Crippen LogP contribution in [0.15, 0.2) is 59.1 Å². The lowest BCUT2D eigenvalue weighted by Gasteiger charge is -2.30. The van der Waals surface area contributed by atoms with Gasteiger partial charge in [-0.05, 0) is 31.2 Å². The monoisotopic (exact) mass is 444 g/mol. The topological polar surface area (TPSA) is 106 Å². The van der Waals surface area contributed by atoms with Gasteiger partial charge in [0.1, 0.15) is 11.8 Å². The zero-order valence-corrected chi connectivity index (χ0v) is 18.5. The van der Waals surface area contributed by atoms with Crippen molar-refractivity contribution in [3.63, 3.8) is 0 Å². The Morgan fingerprint density at radius 1 is 1.13 bits per heavy atom. The number of ether oxygens (including phenoxy) is 1. The molecule has 0 N–H and O–H groups in total. The van der Waals surface area contributed by atoms with Crippen LogP contribution in [-0.2, 0) is 21.4 Å². The third-order valence-electron chi connectivity index (χ3n) is 4.64. The zero-order chi connectivity index (χ0) is 22.6. The second-order valence-electron chi connectivity index (χ2n) is 7.00. The van der Waals surface area contributed by atoms with Crippen LogP contribution in [0.1, 0.15) is 12.8 Å². The maximum atomic E-state index is 13.0. The second-order valence-corrected chi connectivity index (χ2v) is 8.86. The number of anilines is 1. The fraction of sp³-hybridized carbons (Fsp3) is 0.286. The first-order chi connectivity index (χ1) is 14.7. The van der Waals surface area contributed by atoms with Gasteiger partial charge in [0.2, 0.25) is 27.6 Å². The number of sulfonamides is 1. The van der Waals surface area contributed by atoms with Gasteiger partial charge >= 0.3 is 0 Å². The molecule has 10 heteroatoms. The Morgan fingerprint density at radius 3 is 2.35 bits per heavy atom. The number of hydrogen-bond donors (Lipinski definition) is 0. The molecule has 0 aliphatic carbocycles. The molecule has 164 valence electrons. The van der Waals surface area contributed by atoms with Gasteiger partial charge in [-0.2, -0.15) is 4.98 Å². The fourth-order valence-electron chi connectivity index (χ4n) is 3.16. The van der Waals surface area contributed by atoms with Gasteiger partial charge in [-0.25, -0.2) is 8.42 Å². The van der Waals surface area contributed by atoms with Gasteiger partial charge in [0, 0.05) is 12.6 Å². The minimum atomic E-state index is -3.73. The first kappa shape index (κ1) is 22.3. The van der Waals surface area contributed by atoms with Crippen molar-refractivity contribution in [2.24, 2.45) is 0 Å². The Kier molecular flexibility index (Phi) is 6.59. The van der Waals surface area contributed by atoms with E-state index in [0.717, 1.165) is 16.1 Å². The van der Waals surface area contributed by atoms with Gasteiger partial charge in [0.15, 0.2) is 0 Å². The van der Waals surface area contributed by atoms with Gasteiger partial charge in [-0.3, -0.25) is 9.10 Å². The molecule has 0 aliphatic heterocycles. The Morgan fingerprint density at radius 2 is 1.77 bits per heavy atom. The first-order valence-electron chi connectivity index (χ1n) is 9.47. The Labute approximate surface area is 181 Å². The molecule has 9 nitrogen and oxygen atoms in total. The molecule has 0 saturated heterocycles. The van der Waals surface area contributed by atoms with Crippen molar-refractivity contribution >= 4 is 21.6 Å². The van der Waals surface area contributed by atoms with E-state index in [-0.39, 0.29) is 12.4 Å². The van der Waals surface area contributed by atoms with Gasteiger partial charge in [-0.15, -0.1) is 0 Å². The molecule has 0 saturated carbocycles. The quantitative estimate of drug-likeness (QED) is 0.526. The van der Waals surface area contributed by atoms with Crippen LogP contribution in [0, 0.1) is 0 Å². The predicted octanol–water partition coefficient (Wildman–Crippen LogP) is 2.56. The molecule has 0 bridgehead atoms. The van der Waals surface area contributed by atoms with Crippen LogP contribution in [0.2, 0.25) is 0 Å². The number of methoxy groups -OCH3 is 1. The Balaban J connectivity index is 1.77. The van der Waals surface area contributed by atoms with Crippen molar-refractivity contribution in [3.8, 4) is 17.1 Å². The van der Waals surface area contributed by atoms with Crippen molar-refractivity contribution in [3.05, 3.63) is 60.5 Å². The second kappa shape index (κ2) is 9.17. The number of nitrogens with zero attached hydrogens (tertiary/aromatic N) is 4. The average molecular weight is 445 g/mol. The molecule has 1 heterocycles. The van der Waals surface area contributed by atoms with Crippen LogP contribution in [0.3, 0.4) is 0 Å². The van der Waals surface area contributed by atoms with Gasteiger partial charge in [0.25, 0.3) is 0 Å². The lowest BCUT2D eigenvalue weighted by atomic mass is 10.2. The Hall–Kier alpha value is -3.40. The van der Waals surface area contributed by atoms with Crippen LogP contribution in [0.4, 0.5) is 5.69 Å². The smallest absolute Gasteiger partial charge is 0.246 e. The van der Waals surface area contributed by atoms with Crippen LogP contribution in [0.25, 0.3) is 11.4 Å². The standard InChI is InChI=1S/C21H24N4O5S/c1-15(25(31(4,27)28)17-10-12-18(29-3)13-11-17)21(26)24(2)14-19-22-20(23-30-19)16-8-6-5-7-9-16/h5-13,15H,14H2,1-4H3/t15-/m0/s1. The summed E-state index contributed by atoms with van der Waals surface area (Å²) in [6.07, 6.45) is 1.06. The molecule has 1 aromatic heterocycles. The molecule has 2 aromatic carbocycles. The zero-order valence-electron chi connectivity index (χ0n) is 17.7. The first-order valence-corrected chi connectivity index (χ1v) is 11.3. The summed E-state index contributed by atoms with van der Waals surface area (Å²) in [7, 11) is -0.652. The summed E-state index contributed by atoms with van der Waals surface area (Å²) in [6.45, 7) is 1.58. The van der Waals surface area contributed by atoms with E-state index in [9.17, 15) is 13.2 Å². The summed E-state index contributed by atoms with van der Waals surface area (Å²) in [5.74, 6) is 0.831. The third-order valence-corrected chi connectivity index (χ3v) is 5.88. The highest BCUT2D eigenvalue weighted by molar-refractivity contribution is 7.92. The van der Waals surface area contributed by atoms with Crippen molar-refractivity contribution in [2.45, 2.75) is 19.5 Å². The minimum Gasteiger partial charge on any atom is -0.497 e. The Bertz CT molecular complexity index is 1130. The third kappa shape index (κ3) is 5.21. The van der Waals surface area contributed by atoms with Crippen molar-refractivity contribution in [2.75, 3.05) is 24.7 Å². The van der Waals surface area contributed by atoms with Crippen molar-refractivity contribution in [1.82, 2.24) is 15.0 Å². The number of rotatable bonds is 8. The van der Waals surface area contributed by atoms with E-state index in [2.05, 4.69) is 10.1 Å². The highest BCUT2D eigenvalue weighted by atomic mass is 32.2. The lowest BCUT2D eigenvalue weighted by Crippen LogP contribution is -2.48. The minimum absolute atomic E-state index is 0.0449. The van der Waals surface area contributed by atoms with E-state index in [1.54, 1.807) is 31.3 Å². The maximum absolute atomic E-state index is 13.0. The maximum Gasteiger partial charge on any atom is 0.246 e. The normalized spacial score (nSPS) is 12.3. The van der Waals surface area contributed by atoms with Crippen molar-refractivity contribution < 1.29 is 22.5 Å². The summed E-state index contributed by atoms with van der Waals surface area (Å²) in [4.78, 5) is 18.7. The lowest BCUT2D eigenvalue weighted by molar-refractivity contribution is -0.131. The summed E-state index contributed by atoms with van der Waals surface area (Å²) >= 11 is 0. The number of carbonyl (C=O) groups excluding carboxylic acids is 1. The van der Waals surface area contributed by atoms with E-state index in [0.29, 0.717) is 17.3 Å². The summed E-state index contributed by atoms with van der Waals surface area (Å²) in [5, 5.41) is 3.94. The molecule has 0 aliphatic rings. The highest BCUT2D eigenvalue weighted by Gasteiger charge is 2.31. The molecule has 3 rings (SSSR count). The summed E-state index contributed by atoms with van der Waals surface area (Å²) < 4.78 is 36.4. The molecular weight excluding hydrogens is 420 g/mol. The van der Waals surface area contributed by atoms with Gasteiger partial charge < -0.3 is 14.2 Å². The summed E-state index contributed by atoms with van der Waals surface area (Å²) in [5.41, 5.74) is 1.16. The molecule has 0 spiro atoms. The molecule has 0 radical (unpaired) electrons. The molecule has 1 amide bonds. The molecule has 3 aromatic rings. The summed E-state index contributed by atoms with van der Waals surface area (Å²) in [6, 6.07) is 14.8. The fourth-order valence-corrected chi connectivity index (χ4v) is 4.32. The molecular formula is C21H24N4O5S. The SMILES string of the molecule is COc1ccc(N([C@@H](C)C(=O)N(C)Cc2nc(-c3ccccc3)no2)S(C)(=O)=O)cc1. The molecule has 0 unspecified atom stereocenters. The number of amides is 1. The molecule has 1 atom stereocenters. The largest absolute Gasteiger partial charge is 0.497 e. The molecule has 0 fully saturated rings. The van der Waals surface area contributed by atoms with Crippen LogP contribution in [0.5, 0.6) is 5.75 Å². The van der Waals surface area contributed by atoms with Gasteiger partial charge in [0.05, 0.1) is 25.6 Å². The number of hydrogen-bond acceptors (Lipinski definition) is 7. The van der Waals surface area contributed by atoms with Crippen LogP contribution in [-0.4, -0.2) is 55.8 Å².